The summed E-state index contributed by atoms with van der Waals surface area (Å²) in [6.07, 6.45) is 41.2. The van der Waals surface area contributed by atoms with Gasteiger partial charge in [0.1, 0.15) is 26.3 Å². The van der Waals surface area contributed by atoms with Crippen molar-refractivity contribution in [3.8, 4) is 0 Å². The number of unbranched alkanes of at least 4 members (excludes halogenated alkanes) is 22. The van der Waals surface area contributed by atoms with Crippen molar-refractivity contribution < 1.29 is 55.5 Å². The van der Waals surface area contributed by atoms with Crippen LogP contribution in [0.1, 0.15) is 194 Å². The molecule has 336 valence electrons. The van der Waals surface area contributed by atoms with Gasteiger partial charge in [-0.1, -0.05) is 141 Å². The lowest BCUT2D eigenvalue weighted by Crippen LogP contribution is -3.00. The molecule has 0 saturated heterocycles. The van der Waals surface area contributed by atoms with Crippen LogP contribution in [-0.2, 0) is 23.9 Å². The maximum absolute atomic E-state index is 13.4. The largest absolute Gasteiger partial charge is 1.00 e. The third kappa shape index (κ3) is 39.5. The zero-order valence-corrected chi connectivity index (χ0v) is 38.8. The summed E-state index contributed by atoms with van der Waals surface area (Å²) in [6.45, 7) is 5.57. The number of aliphatic hydroxyl groups excluding tert-OH is 2. The maximum atomic E-state index is 13.4. The van der Waals surface area contributed by atoms with Crippen LogP contribution in [0.5, 0.6) is 0 Å². The van der Waals surface area contributed by atoms with Crippen LogP contribution < -0.4 is 17.0 Å². The average molecular weight is 874 g/mol. The number of esters is 2. The predicted molar refractivity (Wildman–Crippen MR) is 232 cm³/mol. The lowest BCUT2D eigenvalue weighted by molar-refractivity contribution is -0.902. The van der Waals surface area contributed by atoms with Crippen molar-refractivity contribution in [2.24, 2.45) is 0 Å². The molecule has 0 unspecified atom stereocenters. The number of hydrogen-bond acceptors (Lipinski definition) is 7. The fourth-order valence-corrected chi connectivity index (χ4v) is 6.90. The standard InChI is InChI=1S/C47H89N2O7.BrH/c1-4-6-8-10-12-14-16-18-20-22-24-26-28-30-32-34-46(53)55-42-36-48(45(52)44-49(3,38-40-50)39-41-51)37-43-56-47(54)35-33-31-29-27-25-23-21-19-17-15-13-11-9-7-5-2;/h18-21,50-51H,4-17,22-44H2,1-3H3;1H/q+1;/p-1/b20-18-,21-19-;. The quantitative estimate of drug-likeness (QED) is 0.0285. The van der Waals surface area contributed by atoms with E-state index in [1.807, 2.05) is 7.05 Å². The van der Waals surface area contributed by atoms with Crippen LogP contribution in [0.2, 0.25) is 0 Å². The van der Waals surface area contributed by atoms with Gasteiger partial charge >= 0.3 is 11.9 Å². The van der Waals surface area contributed by atoms with Gasteiger partial charge in [0, 0.05) is 12.8 Å². The van der Waals surface area contributed by atoms with E-state index in [4.69, 9.17) is 9.47 Å². The molecule has 0 radical (unpaired) electrons. The van der Waals surface area contributed by atoms with Crippen LogP contribution in [-0.4, -0.2) is 104 Å². The third-order valence-corrected chi connectivity index (χ3v) is 10.7. The molecule has 0 aliphatic heterocycles. The van der Waals surface area contributed by atoms with E-state index in [0.29, 0.717) is 25.9 Å². The number of carbonyl (C=O) groups is 3. The fraction of sp³-hybridized carbons (Fsp3) is 0.851. The number of carbonyl (C=O) groups excluding carboxylic acids is 3. The smallest absolute Gasteiger partial charge is 0.305 e. The molecule has 9 nitrogen and oxygen atoms in total. The Labute approximate surface area is 361 Å². The van der Waals surface area contributed by atoms with Gasteiger partial charge < -0.3 is 46.1 Å². The van der Waals surface area contributed by atoms with Crippen molar-refractivity contribution in [2.75, 3.05) is 66.2 Å². The van der Waals surface area contributed by atoms with Gasteiger partial charge in [-0.25, -0.2) is 0 Å². The Bertz CT molecular complexity index is 913. The number of quaternary nitrogens is 1. The number of nitrogens with zero attached hydrogens (tertiary/aromatic N) is 2. The molecule has 0 aromatic heterocycles. The van der Waals surface area contributed by atoms with E-state index in [1.165, 1.54) is 116 Å². The lowest BCUT2D eigenvalue weighted by Gasteiger charge is -2.34. The van der Waals surface area contributed by atoms with E-state index in [1.54, 1.807) is 4.90 Å². The highest BCUT2D eigenvalue weighted by Crippen LogP contribution is 2.13. The van der Waals surface area contributed by atoms with Crippen molar-refractivity contribution in [2.45, 2.75) is 194 Å². The van der Waals surface area contributed by atoms with E-state index >= 15 is 0 Å². The Kier molecular flexibility index (Phi) is 44.1. The number of aliphatic hydroxyl groups is 2. The molecule has 0 aromatic carbocycles. The van der Waals surface area contributed by atoms with Gasteiger partial charge in [-0.2, -0.15) is 0 Å². The normalized spacial score (nSPS) is 11.7. The second kappa shape index (κ2) is 43.8. The molecule has 57 heavy (non-hydrogen) atoms. The lowest BCUT2D eigenvalue weighted by atomic mass is 10.1. The second-order valence-corrected chi connectivity index (χ2v) is 16.2. The number of likely N-dealkylation sites (N-methyl/N-ethyl adjacent to an activating group) is 1. The highest BCUT2D eigenvalue weighted by Gasteiger charge is 2.28. The van der Waals surface area contributed by atoms with Gasteiger partial charge in [0.15, 0.2) is 6.54 Å². The molecule has 0 rings (SSSR count). The first-order chi connectivity index (χ1) is 27.3. The minimum atomic E-state index is -0.261. The van der Waals surface area contributed by atoms with Gasteiger partial charge in [-0.3, -0.25) is 14.4 Å². The Morgan fingerprint density at radius 2 is 0.825 bits per heavy atom. The molecule has 0 spiro atoms. The number of allylic oxidation sites excluding steroid dienone is 4. The number of rotatable bonds is 42. The Hall–Kier alpha value is -1.75. The van der Waals surface area contributed by atoms with Crippen molar-refractivity contribution in [3.05, 3.63) is 24.3 Å². The molecule has 0 fully saturated rings. The van der Waals surface area contributed by atoms with Crippen LogP contribution in [0.25, 0.3) is 0 Å². The monoisotopic (exact) mass is 873 g/mol. The zero-order valence-electron chi connectivity index (χ0n) is 37.2. The number of halogens is 1. The molecule has 0 aromatic rings. The molecular formula is C47H89BrN2O7. The molecule has 0 atom stereocenters. The van der Waals surface area contributed by atoms with Crippen molar-refractivity contribution in [3.63, 3.8) is 0 Å². The first-order valence-electron chi connectivity index (χ1n) is 23.3. The van der Waals surface area contributed by atoms with E-state index < -0.39 is 0 Å². The van der Waals surface area contributed by atoms with Crippen LogP contribution >= 0.6 is 0 Å². The first kappa shape index (κ1) is 57.3. The second-order valence-electron chi connectivity index (χ2n) is 16.2. The minimum absolute atomic E-state index is 0. The summed E-state index contributed by atoms with van der Waals surface area (Å²) in [5.74, 6) is -0.721. The third-order valence-electron chi connectivity index (χ3n) is 10.7. The fourth-order valence-electron chi connectivity index (χ4n) is 6.90. The molecule has 0 saturated carbocycles. The predicted octanol–water partition coefficient (Wildman–Crippen LogP) is 7.41. The van der Waals surface area contributed by atoms with Gasteiger partial charge in [0.2, 0.25) is 0 Å². The molecule has 0 bridgehead atoms. The van der Waals surface area contributed by atoms with E-state index in [0.717, 1.165) is 51.4 Å². The van der Waals surface area contributed by atoms with Crippen LogP contribution in [0, 0.1) is 0 Å². The minimum Gasteiger partial charge on any atom is -1.00 e. The number of hydrogen-bond donors (Lipinski definition) is 2. The summed E-state index contributed by atoms with van der Waals surface area (Å²) in [5, 5.41) is 19.1. The maximum Gasteiger partial charge on any atom is 0.305 e. The molecule has 0 aliphatic carbocycles. The van der Waals surface area contributed by atoms with Crippen molar-refractivity contribution in [1.29, 1.82) is 0 Å². The molecule has 2 N–H and O–H groups in total. The van der Waals surface area contributed by atoms with Crippen LogP contribution in [0.4, 0.5) is 0 Å². The summed E-state index contributed by atoms with van der Waals surface area (Å²) >= 11 is 0. The van der Waals surface area contributed by atoms with E-state index in [-0.39, 0.29) is 85.4 Å². The molecule has 10 heteroatoms. The average Bonchev–Trinajstić information content (AvgIpc) is 3.17. The Morgan fingerprint density at radius 1 is 0.509 bits per heavy atom. The van der Waals surface area contributed by atoms with Crippen molar-refractivity contribution in [1.82, 2.24) is 4.90 Å². The summed E-state index contributed by atoms with van der Waals surface area (Å²) in [7, 11) is 1.82. The van der Waals surface area contributed by atoms with Gasteiger partial charge in [0.25, 0.3) is 5.91 Å². The molecular weight excluding hydrogens is 784 g/mol. The van der Waals surface area contributed by atoms with E-state index in [9.17, 15) is 24.6 Å². The molecule has 0 aliphatic rings. The van der Waals surface area contributed by atoms with Crippen LogP contribution in [0.15, 0.2) is 24.3 Å². The Balaban J connectivity index is 0. The Morgan fingerprint density at radius 3 is 1.16 bits per heavy atom. The van der Waals surface area contributed by atoms with Gasteiger partial charge in [-0.15, -0.1) is 0 Å². The zero-order chi connectivity index (χ0) is 41.2. The number of amides is 1. The van der Waals surface area contributed by atoms with Crippen LogP contribution in [0.3, 0.4) is 0 Å². The topological polar surface area (TPSA) is 113 Å². The highest BCUT2D eigenvalue weighted by molar-refractivity contribution is 5.77. The van der Waals surface area contributed by atoms with Gasteiger partial charge in [-0.05, 0) is 64.2 Å². The number of ether oxygens (including phenoxy) is 2. The molecule has 1 amide bonds. The molecule has 0 heterocycles. The van der Waals surface area contributed by atoms with Gasteiger partial charge in [0.05, 0.1) is 33.4 Å². The highest BCUT2D eigenvalue weighted by atomic mass is 79.9. The van der Waals surface area contributed by atoms with Crippen molar-refractivity contribution >= 4 is 17.8 Å². The summed E-state index contributed by atoms with van der Waals surface area (Å²) in [5.41, 5.74) is 0. The summed E-state index contributed by atoms with van der Waals surface area (Å²) in [4.78, 5) is 39.8. The summed E-state index contributed by atoms with van der Waals surface area (Å²) < 4.78 is 11.2. The first-order valence-corrected chi connectivity index (χ1v) is 23.3. The summed E-state index contributed by atoms with van der Waals surface area (Å²) in [6, 6.07) is 0. The van der Waals surface area contributed by atoms with E-state index in [2.05, 4.69) is 38.2 Å². The SMILES string of the molecule is CCCCCCCC/C=C\CCCCCCCC(=O)OCCN(CCOC(=O)CCCCCCC/C=C\CCCCCCCC)C(=O)C[N+](C)(CCO)CCO.[Br-].